The number of aryl methyl sites for hydroxylation is 1. The lowest BCUT2D eigenvalue weighted by Gasteiger charge is -2.24. The maximum Gasteiger partial charge on any atom is 0.134 e. The van der Waals surface area contributed by atoms with Gasteiger partial charge in [0.25, 0.3) is 0 Å². The van der Waals surface area contributed by atoms with Crippen LogP contribution in [0.25, 0.3) is 22.1 Å². The van der Waals surface area contributed by atoms with Crippen LogP contribution in [0, 0.1) is 6.92 Å². The number of unbranched alkanes of at least 4 members (excludes halogenated alkanes) is 2. The number of allylic oxidation sites excluding steroid dienone is 1. The van der Waals surface area contributed by atoms with Gasteiger partial charge in [-0.15, -0.1) is 6.58 Å². The van der Waals surface area contributed by atoms with Crippen molar-refractivity contribution in [1.29, 1.82) is 0 Å². The smallest absolute Gasteiger partial charge is 0.134 e. The molecule has 0 saturated carbocycles. The van der Waals surface area contributed by atoms with Crippen molar-refractivity contribution >= 4 is 11.0 Å². The van der Waals surface area contributed by atoms with E-state index in [1.807, 2.05) is 31.2 Å². The highest BCUT2D eigenvalue weighted by Gasteiger charge is 2.19. The molecule has 4 nitrogen and oxygen atoms in total. The summed E-state index contributed by atoms with van der Waals surface area (Å²) in [6.07, 6.45) is 7.03. The topological polar surface area (TPSA) is 57.4 Å². The SMILES string of the molecule is C=CCc1cc(-c2ccc3oc(C)cc3c2)c(O)c(C(NCCCC)NCCCC)c1. The Morgan fingerprint density at radius 1 is 1.03 bits per heavy atom. The van der Waals surface area contributed by atoms with Gasteiger partial charge >= 0.3 is 0 Å². The summed E-state index contributed by atoms with van der Waals surface area (Å²) in [5, 5.41) is 19.6. The minimum atomic E-state index is -0.0958. The average molecular weight is 421 g/mol. The Hall–Kier alpha value is -2.56. The molecule has 0 unspecified atom stereocenters. The van der Waals surface area contributed by atoms with E-state index in [4.69, 9.17) is 4.42 Å². The molecule has 0 aliphatic rings. The van der Waals surface area contributed by atoms with Crippen molar-refractivity contribution in [3.05, 3.63) is 65.9 Å². The number of furan rings is 1. The molecule has 1 aromatic heterocycles. The molecule has 3 N–H and O–H groups in total. The highest BCUT2D eigenvalue weighted by Crippen LogP contribution is 2.38. The average Bonchev–Trinajstić information content (AvgIpc) is 3.13. The van der Waals surface area contributed by atoms with Crippen molar-refractivity contribution in [3.63, 3.8) is 0 Å². The molecule has 31 heavy (non-hydrogen) atoms. The van der Waals surface area contributed by atoms with Crippen LogP contribution >= 0.6 is 0 Å². The van der Waals surface area contributed by atoms with Gasteiger partial charge in [0.05, 0.1) is 6.17 Å². The number of phenolic OH excluding ortho intramolecular Hbond substituents is 1. The van der Waals surface area contributed by atoms with E-state index < -0.39 is 0 Å². The molecule has 0 spiro atoms. The Kier molecular flexibility index (Phi) is 8.33. The van der Waals surface area contributed by atoms with Crippen molar-refractivity contribution in [2.75, 3.05) is 13.1 Å². The summed E-state index contributed by atoms with van der Waals surface area (Å²) in [5.41, 5.74) is 4.72. The monoisotopic (exact) mass is 420 g/mol. The number of nitrogens with one attached hydrogen (secondary N) is 2. The second-order valence-corrected chi connectivity index (χ2v) is 8.23. The fraction of sp³-hybridized carbons (Fsp3) is 0.407. The number of rotatable bonds is 12. The predicted molar refractivity (Wildman–Crippen MR) is 131 cm³/mol. The predicted octanol–water partition coefficient (Wildman–Crippen LogP) is 6.62. The van der Waals surface area contributed by atoms with Crippen LogP contribution in [0.3, 0.4) is 0 Å². The highest BCUT2D eigenvalue weighted by atomic mass is 16.3. The summed E-state index contributed by atoms with van der Waals surface area (Å²) >= 11 is 0. The minimum absolute atomic E-state index is 0.0958. The number of fused-ring (bicyclic) bond motifs is 1. The van der Waals surface area contributed by atoms with Crippen LogP contribution < -0.4 is 10.6 Å². The maximum atomic E-state index is 11.4. The Bertz CT molecular complexity index is 996. The van der Waals surface area contributed by atoms with Gasteiger partial charge in [-0.05, 0) is 80.7 Å². The van der Waals surface area contributed by atoms with E-state index in [0.29, 0.717) is 5.75 Å². The molecule has 166 valence electrons. The fourth-order valence-electron chi connectivity index (χ4n) is 3.93. The normalized spacial score (nSPS) is 11.5. The Balaban J connectivity index is 2.04. The molecule has 0 aliphatic heterocycles. The number of phenols is 1. The molecule has 0 amide bonds. The second-order valence-electron chi connectivity index (χ2n) is 8.23. The van der Waals surface area contributed by atoms with Gasteiger partial charge in [-0.25, -0.2) is 0 Å². The number of hydrogen-bond donors (Lipinski definition) is 3. The summed E-state index contributed by atoms with van der Waals surface area (Å²) in [4.78, 5) is 0. The summed E-state index contributed by atoms with van der Waals surface area (Å²) in [6.45, 7) is 12.1. The van der Waals surface area contributed by atoms with E-state index in [2.05, 4.69) is 49.3 Å². The van der Waals surface area contributed by atoms with E-state index in [-0.39, 0.29) is 6.17 Å². The summed E-state index contributed by atoms with van der Waals surface area (Å²) in [5.74, 6) is 1.21. The first-order valence-corrected chi connectivity index (χ1v) is 11.5. The molecule has 2 aromatic carbocycles. The largest absolute Gasteiger partial charge is 0.507 e. The third-order valence-electron chi connectivity index (χ3n) is 5.60. The highest BCUT2D eigenvalue weighted by molar-refractivity contribution is 5.86. The van der Waals surface area contributed by atoms with Gasteiger partial charge in [0.1, 0.15) is 17.1 Å². The molecule has 3 aromatic rings. The van der Waals surface area contributed by atoms with Crippen molar-refractivity contribution < 1.29 is 9.52 Å². The van der Waals surface area contributed by atoms with Crippen molar-refractivity contribution in [2.24, 2.45) is 0 Å². The molecular formula is C27H36N2O2. The molecule has 3 rings (SSSR count). The van der Waals surface area contributed by atoms with Crippen molar-refractivity contribution in [3.8, 4) is 16.9 Å². The molecule has 0 radical (unpaired) electrons. The molecule has 0 bridgehead atoms. The molecule has 0 atom stereocenters. The Labute approximate surface area is 186 Å². The summed E-state index contributed by atoms with van der Waals surface area (Å²) < 4.78 is 5.73. The number of aromatic hydroxyl groups is 1. The quantitative estimate of drug-likeness (QED) is 0.175. The zero-order valence-corrected chi connectivity index (χ0v) is 19.1. The number of hydrogen-bond acceptors (Lipinski definition) is 4. The lowest BCUT2D eigenvalue weighted by molar-refractivity contribution is 0.402. The van der Waals surface area contributed by atoms with Crippen LogP contribution in [0.2, 0.25) is 0 Å². The third-order valence-corrected chi connectivity index (χ3v) is 5.60. The Morgan fingerprint density at radius 2 is 1.74 bits per heavy atom. The standard InChI is InChI=1S/C27H36N2O2/c1-5-8-13-28-27(29-14-9-6-2)24-17-20(10-7-3)16-23(26(24)30)21-11-12-25-22(18-21)15-19(4)31-25/h7,11-12,15-18,27-30H,3,5-6,8-10,13-14H2,1-2,4H3. The minimum Gasteiger partial charge on any atom is -0.507 e. The molecule has 1 heterocycles. The number of benzene rings is 2. The Morgan fingerprint density at radius 3 is 2.39 bits per heavy atom. The molecule has 0 aliphatic carbocycles. The molecule has 0 fully saturated rings. The van der Waals surface area contributed by atoms with E-state index in [1.54, 1.807) is 0 Å². The van der Waals surface area contributed by atoms with Crippen molar-refractivity contribution in [2.45, 2.75) is 59.0 Å². The van der Waals surface area contributed by atoms with E-state index in [9.17, 15) is 5.11 Å². The lowest BCUT2D eigenvalue weighted by atomic mass is 9.95. The van der Waals surface area contributed by atoms with Gasteiger partial charge in [0, 0.05) is 16.5 Å². The van der Waals surface area contributed by atoms with Crippen LogP contribution in [0.1, 0.15) is 62.6 Å². The fourth-order valence-corrected chi connectivity index (χ4v) is 3.93. The first-order valence-electron chi connectivity index (χ1n) is 11.5. The molecule has 0 saturated heterocycles. The summed E-state index contributed by atoms with van der Waals surface area (Å²) in [6, 6.07) is 12.3. The molecule has 4 heteroatoms. The second kappa shape index (κ2) is 11.2. The summed E-state index contributed by atoms with van der Waals surface area (Å²) in [7, 11) is 0. The zero-order chi connectivity index (χ0) is 22.2. The maximum absolute atomic E-state index is 11.4. The van der Waals surface area contributed by atoms with Gasteiger partial charge in [0.2, 0.25) is 0 Å². The van der Waals surface area contributed by atoms with Crippen molar-refractivity contribution in [1.82, 2.24) is 10.6 Å². The molecular weight excluding hydrogens is 384 g/mol. The van der Waals surface area contributed by atoms with Gasteiger partial charge in [-0.3, -0.25) is 10.6 Å². The van der Waals surface area contributed by atoms with Crippen LogP contribution in [-0.2, 0) is 6.42 Å². The lowest BCUT2D eigenvalue weighted by Crippen LogP contribution is -2.35. The van der Waals surface area contributed by atoms with E-state index >= 15 is 0 Å². The van der Waals surface area contributed by atoms with Crippen LogP contribution in [0.4, 0.5) is 0 Å². The van der Waals surface area contributed by atoms with Crippen LogP contribution in [0.5, 0.6) is 5.75 Å². The first kappa shape index (κ1) is 23.1. The van der Waals surface area contributed by atoms with Gasteiger partial charge in [-0.1, -0.05) is 38.8 Å². The first-order chi connectivity index (χ1) is 15.1. The van der Waals surface area contributed by atoms with Crippen LogP contribution in [0.15, 0.2) is 53.5 Å². The third kappa shape index (κ3) is 5.78. The van der Waals surface area contributed by atoms with Gasteiger partial charge in [-0.2, -0.15) is 0 Å². The van der Waals surface area contributed by atoms with Crippen LogP contribution in [-0.4, -0.2) is 18.2 Å². The van der Waals surface area contributed by atoms with E-state index in [0.717, 1.165) is 84.2 Å². The van der Waals surface area contributed by atoms with Gasteiger partial charge < -0.3 is 9.52 Å². The van der Waals surface area contributed by atoms with Gasteiger partial charge in [0.15, 0.2) is 0 Å². The van der Waals surface area contributed by atoms with E-state index in [1.165, 1.54) is 0 Å². The zero-order valence-electron chi connectivity index (χ0n) is 19.1.